The number of nitrogens with one attached hydrogen (secondary N) is 1. The molecule has 1 heterocycles. The van der Waals surface area contributed by atoms with Crippen molar-refractivity contribution in [2.45, 2.75) is 11.8 Å². The number of hydrogen-bond acceptors (Lipinski definition) is 3. The first-order chi connectivity index (χ1) is 11.8. The van der Waals surface area contributed by atoms with Crippen molar-refractivity contribution < 1.29 is 8.42 Å². The topological polar surface area (TPSA) is 79.2 Å². The van der Waals surface area contributed by atoms with E-state index in [0.717, 1.165) is 33.8 Å². The van der Waals surface area contributed by atoms with Crippen LogP contribution >= 0.6 is 0 Å². The first-order valence-corrected chi connectivity index (χ1v) is 9.41. The third-order valence-electron chi connectivity index (χ3n) is 4.10. The van der Waals surface area contributed by atoms with Crippen LogP contribution in [0.1, 0.15) is 5.69 Å². The van der Waals surface area contributed by atoms with Crippen LogP contribution in [-0.4, -0.2) is 27.5 Å². The Kier molecular flexibility index (Phi) is 4.41. The largest absolute Gasteiger partial charge is 0.378 e. The van der Waals surface area contributed by atoms with Gasteiger partial charge in [-0.3, -0.25) is 0 Å². The van der Waals surface area contributed by atoms with Gasteiger partial charge < -0.3 is 9.88 Å². The van der Waals surface area contributed by atoms with E-state index in [-0.39, 0.29) is 4.90 Å². The highest BCUT2D eigenvalue weighted by Gasteiger charge is 2.13. The Morgan fingerprint density at radius 3 is 2.24 bits per heavy atom. The van der Waals surface area contributed by atoms with E-state index < -0.39 is 10.0 Å². The van der Waals surface area contributed by atoms with E-state index in [0.29, 0.717) is 0 Å². The van der Waals surface area contributed by atoms with Crippen LogP contribution in [0.2, 0.25) is 0 Å². The van der Waals surface area contributed by atoms with Crippen molar-refractivity contribution in [2.24, 2.45) is 5.14 Å². The molecule has 0 aliphatic carbocycles. The van der Waals surface area contributed by atoms with E-state index in [9.17, 15) is 8.42 Å². The lowest BCUT2D eigenvalue weighted by Gasteiger charge is -2.14. The Labute approximate surface area is 148 Å². The predicted molar refractivity (Wildman–Crippen MR) is 102 cm³/mol. The maximum atomic E-state index is 11.4. The van der Waals surface area contributed by atoms with Crippen LogP contribution in [-0.2, 0) is 10.0 Å². The number of aromatic amines is 1. The zero-order chi connectivity index (χ0) is 18.2. The monoisotopic (exact) mass is 355 g/mol. The van der Waals surface area contributed by atoms with Crippen LogP contribution in [0.25, 0.3) is 22.4 Å². The van der Waals surface area contributed by atoms with Gasteiger partial charge in [-0.15, -0.1) is 0 Å². The first kappa shape index (κ1) is 17.3. The molecule has 25 heavy (non-hydrogen) atoms. The fourth-order valence-corrected chi connectivity index (χ4v) is 3.32. The Morgan fingerprint density at radius 2 is 1.64 bits per heavy atom. The third kappa shape index (κ3) is 3.60. The molecule has 0 amide bonds. The summed E-state index contributed by atoms with van der Waals surface area (Å²) in [6.45, 7) is 2.00. The standard InChI is InChI=1S/C19H21N3O2S/c1-13-11-18(15-5-4-6-16(12-15)22(2)3)19(21-13)14-7-9-17(10-8-14)25(20,23)24/h4-12,21H,1-3H3,(H2,20,23,24). The Hall–Kier alpha value is -2.57. The molecule has 0 spiro atoms. The number of nitrogens with zero attached hydrogens (tertiary/aromatic N) is 1. The minimum atomic E-state index is -3.69. The van der Waals surface area contributed by atoms with E-state index in [1.165, 1.54) is 12.1 Å². The number of anilines is 1. The van der Waals surface area contributed by atoms with Crippen LogP contribution in [0.3, 0.4) is 0 Å². The Balaban J connectivity index is 2.09. The average Bonchev–Trinajstić information content (AvgIpc) is 2.96. The van der Waals surface area contributed by atoms with E-state index in [4.69, 9.17) is 5.14 Å². The van der Waals surface area contributed by atoms with Gasteiger partial charge in [0.25, 0.3) is 0 Å². The number of hydrogen-bond donors (Lipinski definition) is 2. The maximum absolute atomic E-state index is 11.4. The van der Waals surface area contributed by atoms with Crippen molar-refractivity contribution in [2.75, 3.05) is 19.0 Å². The average molecular weight is 355 g/mol. The van der Waals surface area contributed by atoms with Crippen molar-refractivity contribution >= 4 is 15.7 Å². The van der Waals surface area contributed by atoms with Gasteiger partial charge in [0.15, 0.2) is 0 Å². The number of sulfonamides is 1. The third-order valence-corrected chi connectivity index (χ3v) is 5.03. The number of rotatable bonds is 4. The SMILES string of the molecule is Cc1cc(-c2cccc(N(C)C)c2)c(-c2ccc(S(N)(=O)=O)cc2)[nH]1. The molecule has 3 aromatic rings. The van der Waals surface area contributed by atoms with E-state index in [1.807, 2.05) is 27.1 Å². The van der Waals surface area contributed by atoms with Gasteiger partial charge in [-0.2, -0.15) is 0 Å². The summed E-state index contributed by atoms with van der Waals surface area (Å²) in [6.07, 6.45) is 0. The molecule has 0 atom stereocenters. The van der Waals surface area contributed by atoms with Gasteiger partial charge in [0, 0.05) is 31.0 Å². The molecule has 0 saturated heterocycles. The second kappa shape index (κ2) is 6.38. The number of nitrogens with two attached hydrogens (primary N) is 1. The summed E-state index contributed by atoms with van der Waals surface area (Å²) in [5.41, 5.74) is 6.19. The fraction of sp³-hybridized carbons (Fsp3) is 0.158. The molecule has 0 bridgehead atoms. The number of primary sulfonamides is 1. The van der Waals surface area contributed by atoms with Crippen molar-refractivity contribution in [1.29, 1.82) is 0 Å². The molecule has 2 aromatic carbocycles. The summed E-state index contributed by atoms with van der Waals surface area (Å²) >= 11 is 0. The molecule has 0 saturated carbocycles. The minimum Gasteiger partial charge on any atom is -0.378 e. The van der Waals surface area contributed by atoms with Crippen LogP contribution in [0.4, 0.5) is 5.69 Å². The zero-order valence-electron chi connectivity index (χ0n) is 14.4. The maximum Gasteiger partial charge on any atom is 0.238 e. The highest BCUT2D eigenvalue weighted by Crippen LogP contribution is 2.34. The van der Waals surface area contributed by atoms with Gasteiger partial charge in [-0.25, -0.2) is 13.6 Å². The van der Waals surface area contributed by atoms with Gasteiger partial charge in [-0.1, -0.05) is 24.3 Å². The summed E-state index contributed by atoms with van der Waals surface area (Å²) in [4.78, 5) is 5.54. The van der Waals surface area contributed by atoms with Crippen LogP contribution in [0.15, 0.2) is 59.5 Å². The Morgan fingerprint density at radius 1 is 0.960 bits per heavy atom. The number of aromatic nitrogens is 1. The van der Waals surface area contributed by atoms with Crippen molar-refractivity contribution in [1.82, 2.24) is 4.98 Å². The molecule has 0 unspecified atom stereocenters. The van der Waals surface area contributed by atoms with E-state index >= 15 is 0 Å². The van der Waals surface area contributed by atoms with Gasteiger partial charge >= 0.3 is 0 Å². The van der Waals surface area contributed by atoms with Gasteiger partial charge in [0.2, 0.25) is 10.0 Å². The lowest BCUT2D eigenvalue weighted by molar-refractivity contribution is 0.598. The summed E-state index contributed by atoms with van der Waals surface area (Å²) in [5.74, 6) is 0. The molecule has 1 aromatic heterocycles. The summed E-state index contributed by atoms with van der Waals surface area (Å²) in [6, 6.07) is 17.0. The minimum absolute atomic E-state index is 0.107. The smallest absolute Gasteiger partial charge is 0.238 e. The molecule has 5 nitrogen and oxygen atoms in total. The highest BCUT2D eigenvalue weighted by molar-refractivity contribution is 7.89. The zero-order valence-corrected chi connectivity index (χ0v) is 15.3. The lowest BCUT2D eigenvalue weighted by atomic mass is 10.0. The van der Waals surface area contributed by atoms with Crippen LogP contribution < -0.4 is 10.0 Å². The Bertz CT molecular complexity index is 1000. The molecule has 0 radical (unpaired) electrons. The molecule has 3 N–H and O–H groups in total. The fourth-order valence-electron chi connectivity index (χ4n) is 2.81. The summed E-state index contributed by atoms with van der Waals surface area (Å²) in [5, 5.41) is 5.18. The normalized spacial score (nSPS) is 11.5. The highest BCUT2D eigenvalue weighted by atomic mass is 32.2. The molecule has 130 valence electrons. The second-order valence-corrected chi connectivity index (χ2v) is 7.82. The molecule has 3 rings (SSSR count). The van der Waals surface area contributed by atoms with E-state index in [2.05, 4.69) is 34.1 Å². The van der Waals surface area contributed by atoms with Crippen molar-refractivity contribution in [3.63, 3.8) is 0 Å². The van der Waals surface area contributed by atoms with Crippen LogP contribution in [0, 0.1) is 6.92 Å². The second-order valence-electron chi connectivity index (χ2n) is 6.26. The number of aryl methyl sites for hydroxylation is 1. The quantitative estimate of drug-likeness (QED) is 0.753. The molecule has 6 heteroatoms. The lowest BCUT2D eigenvalue weighted by Crippen LogP contribution is -2.11. The van der Waals surface area contributed by atoms with Gasteiger partial charge in [0.1, 0.15) is 0 Å². The summed E-state index contributed by atoms with van der Waals surface area (Å²) in [7, 11) is 0.327. The molecule has 0 fully saturated rings. The summed E-state index contributed by atoms with van der Waals surface area (Å²) < 4.78 is 22.9. The van der Waals surface area contributed by atoms with Gasteiger partial charge in [-0.05, 0) is 48.4 Å². The van der Waals surface area contributed by atoms with Crippen molar-refractivity contribution in [3.05, 3.63) is 60.3 Å². The number of benzene rings is 2. The molecule has 0 aliphatic rings. The molecular weight excluding hydrogens is 334 g/mol. The van der Waals surface area contributed by atoms with Gasteiger partial charge in [0.05, 0.1) is 10.6 Å². The van der Waals surface area contributed by atoms with E-state index in [1.54, 1.807) is 12.1 Å². The van der Waals surface area contributed by atoms with Crippen LogP contribution in [0.5, 0.6) is 0 Å². The predicted octanol–water partition coefficient (Wildman–Crippen LogP) is 3.37. The first-order valence-electron chi connectivity index (χ1n) is 7.86. The van der Waals surface area contributed by atoms with Crippen molar-refractivity contribution in [3.8, 4) is 22.4 Å². The number of H-pyrrole nitrogens is 1. The molecule has 0 aliphatic heterocycles. The molecular formula is C19H21N3O2S.